The van der Waals surface area contributed by atoms with Crippen molar-refractivity contribution in [2.75, 3.05) is 37.7 Å². The van der Waals surface area contributed by atoms with Crippen LogP contribution in [-0.4, -0.2) is 86.7 Å². The Morgan fingerprint density at radius 3 is 1.41 bits per heavy atom. The Kier molecular flexibility index (Phi) is 14.0. The highest BCUT2D eigenvalue weighted by Crippen LogP contribution is 2.43. The molecule has 0 bridgehead atoms. The van der Waals surface area contributed by atoms with Crippen LogP contribution in [0.2, 0.25) is 0 Å². The lowest BCUT2D eigenvalue weighted by Crippen LogP contribution is -2.59. The lowest BCUT2D eigenvalue weighted by molar-refractivity contribution is -0.155. The van der Waals surface area contributed by atoms with Gasteiger partial charge in [0.15, 0.2) is 12.2 Å². The topological polar surface area (TPSA) is 184 Å². The van der Waals surface area contributed by atoms with Crippen LogP contribution < -0.4 is 15.5 Å². The molecular weight excluding hydrogens is 923 g/mol. The van der Waals surface area contributed by atoms with Gasteiger partial charge in [0.05, 0.1) is 42.5 Å². The maximum Gasteiger partial charge on any atom is 0.303 e. The van der Waals surface area contributed by atoms with Crippen LogP contribution >= 0.6 is 67.8 Å². The normalized spacial score (nSPS) is 14.8. The van der Waals surface area contributed by atoms with Crippen molar-refractivity contribution in [1.82, 2.24) is 10.6 Å². The van der Waals surface area contributed by atoms with Crippen LogP contribution in [0, 0.1) is 16.1 Å². The highest BCUT2D eigenvalue weighted by molar-refractivity contribution is 14.1. The molecule has 1 saturated heterocycles. The van der Waals surface area contributed by atoms with Crippen molar-refractivity contribution in [2.45, 2.75) is 53.8 Å². The molecule has 0 radical (unpaired) electrons. The highest BCUT2D eigenvalue weighted by Gasteiger charge is 2.47. The molecule has 44 heavy (non-hydrogen) atoms. The summed E-state index contributed by atoms with van der Waals surface area (Å²) in [5, 5.41) is 5.33. The molecule has 14 nitrogen and oxygen atoms in total. The van der Waals surface area contributed by atoms with Crippen LogP contribution in [0.25, 0.3) is 0 Å². The number of halogens is 3. The van der Waals surface area contributed by atoms with E-state index in [9.17, 15) is 33.6 Å². The first-order chi connectivity index (χ1) is 20.4. The molecule has 2 unspecified atom stereocenters. The number of carbonyl (C=O) groups excluding carboxylic acids is 7. The zero-order chi connectivity index (χ0) is 33.5. The van der Waals surface area contributed by atoms with Crippen LogP contribution in [-0.2, 0) is 42.9 Å². The van der Waals surface area contributed by atoms with Crippen LogP contribution in [0.3, 0.4) is 0 Å². The molecule has 0 saturated carbocycles. The molecule has 0 aliphatic carbocycles. The Bertz CT molecular complexity index is 1280. The first-order valence-electron chi connectivity index (χ1n) is 13.1. The van der Waals surface area contributed by atoms with Gasteiger partial charge < -0.3 is 34.5 Å². The van der Waals surface area contributed by atoms with Gasteiger partial charge in [-0.2, -0.15) is 0 Å². The van der Waals surface area contributed by atoms with E-state index in [1.54, 1.807) is 13.8 Å². The summed E-state index contributed by atoms with van der Waals surface area (Å²) in [5.74, 6) is -3.94. The predicted octanol–water partition coefficient (Wildman–Crippen LogP) is 2.32. The third-order valence-electron chi connectivity index (χ3n) is 5.99. The van der Waals surface area contributed by atoms with Crippen molar-refractivity contribution in [3.8, 4) is 0 Å². The molecule has 1 aliphatic rings. The fourth-order valence-electron chi connectivity index (χ4n) is 4.03. The van der Waals surface area contributed by atoms with Crippen molar-refractivity contribution >= 4 is 115 Å². The predicted molar refractivity (Wildman–Crippen MR) is 180 cm³/mol. The van der Waals surface area contributed by atoms with Gasteiger partial charge >= 0.3 is 23.9 Å². The number of hydrogen-bond acceptors (Lipinski definition) is 11. The summed E-state index contributed by atoms with van der Waals surface area (Å²) in [6.45, 7) is 7.65. The molecule has 2 rings (SSSR count). The number of anilines is 1. The number of nitrogens with zero attached hydrogens (tertiary/aromatic N) is 1. The second kappa shape index (κ2) is 16.3. The first-order valence-corrected chi connectivity index (χ1v) is 16.3. The summed E-state index contributed by atoms with van der Waals surface area (Å²) >= 11 is 5.76. The smallest absolute Gasteiger partial charge is 0.303 e. The van der Waals surface area contributed by atoms with E-state index in [-0.39, 0.29) is 46.9 Å². The number of ether oxygens (including phenoxy) is 4. The molecule has 0 aromatic heterocycles. The second-order valence-electron chi connectivity index (χ2n) is 10.3. The monoisotopic (exact) mass is 955 g/mol. The molecule has 17 heteroatoms. The SMILES string of the molecule is CC(=O)OCC(CNC(=O)c1c(I)c(C(=O)NCC(COC(C)=O)OC(C)=O)c(I)c(N2CC(C)(C)C2=O)c1I)OC(C)=O. The Balaban J connectivity index is 2.50. The zero-order valence-electron chi connectivity index (χ0n) is 24.8. The summed E-state index contributed by atoms with van der Waals surface area (Å²) in [6, 6.07) is 0. The van der Waals surface area contributed by atoms with Gasteiger partial charge in [-0.3, -0.25) is 33.6 Å². The van der Waals surface area contributed by atoms with E-state index in [4.69, 9.17) is 18.9 Å². The number of nitrogens with one attached hydrogen (secondary N) is 2. The third kappa shape index (κ3) is 10.1. The van der Waals surface area contributed by atoms with Gasteiger partial charge in [-0.1, -0.05) is 0 Å². The Morgan fingerprint density at radius 1 is 0.727 bits per heavy atom. The summed E-state index contributed by atoms with van der Waals surface area (Å²) < 4.78 is 21.2. The Hall–Kier alpha value is -2.30. The minimum absolute atomic E-state index is 0.0924. The fraction of sp³-hybridized carbons (Fsp3) is 0.519. The number of β-lactam (4-membered cyclic amide) rings is 1. The summed E-state index contributed by atoms with van der Waals surface area (Å²) in [6.07, 6.45) is -1.95. The fourth-order valence-corrected chi connectivity index (χ4v) is 8.75. The Labute approximate surface area is 294 Å². The molecule has 1 fully saturated rings. The minimum atomic E-state index is -0.977. The molecule has 2 N–H and O–H groups in total. The molecule has 3 amide bonds. The van der Waals surface area contributed by atoms with E-state index in [1.807, 2.05) is 67.8 Å². The van der Waals surface area contributed by atoms with Gasteiger partial charge in [-0.15, -0.1) is 0 Å². The van der Waals surface area contributed by atoms with Crippen molar-refractivity contribution in [3.05, 3.63) is 21.8 Å². The average molecular weight is 955 g/mol. The van der Waals surface area contributed by atoms with E-state index >= 15 is 0 Å². The van der Waals surface area contributed by atoms with Crippen LogP contribution in [0.4, 0.5) is 5.69 Å². The molecule has 242 valence electrons. The van der Waals surface area contributed by atoms with Gasteiger partial charge in [0, 0.05) is 37.8 Å². The van der Waals surface area contributed by atoms with Gasteiger partial charge in [0.1, 0.15) is 13.2 Å². The van der Waals surface area contributed by atoms with Crippen molar-refractivity contribution < 1.29 is 52.5 Å². The highest BCUT2D eigenvalue weighted by atomic mass is 127. The third-order valence-corrected chi connectivity index (χ3v) is 9.17. The molecule has 2 atom stereocenters. The molecule has 1 heterocycles. The maximum atomic E-state index is 13.6. The first kappa shape index (κ1) is 37.9. The number of esters is 4. The average Bonchev–Trinajstić information content (AvgIpc) is 2.90. The molecule has 0 spiro atoms. The van der Waals surface area contributed by atoms with Crippen molar-refractivity contribution in [1.29, 1.82) is 0 Å². The summed E-state index contributed by atoms with van der Waals surface area (Å²) in [4.78, 5) is 87.4. The van der Waals surface area contributed by atoms with Crippen molar-refractivity contribution in [2.24, 2.45) is 5.41 Å². The van der Waals surface area contributed by atoms with Crippen LogP contribution in [0.15, 0.2) is 0 Å². The standard InChI is InChI=1S/C27H32I3N3O11/c1-12(34)41-9-16(43-14(3)36)7-31-24(38)18-20(28)19(22(30)23(21(18)29)33-11-27(5,6)26(33)40)25(39)32-8-17(44-15(4)37)10-42-13(2)35/h16-17H,7-11H2,1-6H3,(H,31,38)(H,32,39). The van der Waals surface area contributed by atoms with Gasteiger partial charge in [-0.25, -0.2) is 0 Å². The number of rotatable bonds is 13. The van der Waals surface area contributed by atoms with Gasteiger partial charge in [-0.05, 0) is 81.6 Å². The largest absolute Gasteiger partial charge is 0.462 e. The Morgan fingerprint density at radius 2 is 1.11 bits per heavy atom. The van der Waals surface area contributed by atoms with E-state index in [1.165, 1.54) is 32.6 Å². The second-order valence-corrected chi connectivity index (χ2v) is 13.5. The van der Waals surface area contributed by atoms with Crippen LogP contribution in [0.5, 0.6) is 0 Å². The quantitative estimate of drug-likeness (QED) is 0.128. The van der Waals surface area contributed by atoms with E-state index in [0.717, 1.165) is 0 Å². The van der Waals surface area contributed by atoms with Crippen LogP contribution in [0.1, 0.15) is 62.3 Å². The maximum absolute atomic E-state index is 13.6. The number of hydrogen-bond donors (Lipinski definition) is 2. The lowest BCUT2D eigenvalue weighted by atomic mass is 9.82. The lowest BCUT2D eigenvalue weighted by Gasteiger charge is -2.45. The number of carbonyl (C=O) groups is 7. The number of benzene rings is 1. The van der Waals surface area contributed by atoms with E-state index in [0.29, 0.717) is 19.4 Å². The minimum Gasteiger partial charge on any atom is -0.462 e. The molecule has 1 aliphatic heterocycles. The summed E-state index contributed by atoms with van der Waals surface area (Å²) in [5.41, 5.74) is -0.0780. The molecule has 1 aromatic carbocycles. The van der Waals surface area contributed by atoms with Gasteiger partial charge in [0.2, 0.25) is 5.91 Å². The summed E-state index contributed by atoms with van der Waals surface area (Å²) in [7, 11) is 0. The molecule has 1 aromatic rings. The number of amides is 3. The van der Waals surface area contributed by atoms with E-state index < -0.39 is 53.3 Å². The van der Waals surface area contributed by atoms with E-state index in [2.05, 4.69) is 10.6 Å². The van der Waals surface area contributed by atoms with Crippen molar-refractivity contribution in [3.63, 3.8) is 0 Å². The molecular formula is C27H32I3N3O11. The zero-order valence-corrected chi connectivity index (χ0v) is 31.2. The van der Waals surface area contributed by atoms with Gasteiger partial charge in [0.25, 0.3) is 11.8 Å².